The summed E-state index contributed by atoms with van der Waals surface area (Å²) in [6.07, 6.45) is 0. The maximum absolute atomic E-state index is 12.4. The van der Waals surface area contributed by atoms with Gasteiger partial charge in [0, 0.05) is 24.7 Å². The van der Waals surface area contributed by atoms with Crippen molar-refractivity contribution in [3.05, 3.63) is 28.8 Å². The molecule has 0 unspecified atom stereocenters. The molecule has 0 fully saturated rings. The van der Waals surface area contributed by atoms with Crippen molar-refractivity contribution in [2.75, 3.05) is 14.1 Å². The Balaban J connectivity index is 0.00000256. The molecule has 8 heteroatoms. The second-order valence-corrected chi connectivity index (χ2v) is 3.92. The molecule has 0 aliphatic carbocycles. The number of nitrogens with zero attached hydrogens (tertiary/aromatic N) is 1. The molecule has 2 nitrogen and oxygen atoms in total. The molecule has 0 bridgehead atoms. The van der Waals surface area contributed by atoms with Crippen LogP contribution in [0.15, 0.2) is 18.2 Å². The van der Waals surface area contributed by atoms with E-state index >= 15 is 0 Å². The van der Waals surface area contributed by atoms with Gasteiger partial charge in [-0.1, -0.05) is 29.2 Å². The van der Waals surface area contributed by atoms with Crippen LogP contribution in [0, 0.1) is 0 Å². The van der Waals surface area contributed by atoms with Crippen LogP contribution in [0.1, 0.15) is 10.4 Å². The average molecular weight is 290 g/mol. The number of carbonyl (C=O) groups excluding carboxylic acids is 1. The van der Waals surface area contributed by atoms with E-state index in [4.69, 9.17) is 11.6 Å². The number of rotatable bonds is 2. The molecular formula is C9H9BClF3KNO. The largest absolute Gasteiger partial charge is 1.00 e. The van der Waals surface area contributed by atoms with Gasteiger partial charge < -0.3 is 17.8 Å². The molecule has 1 aromatic carbocycles. The quantitative estimate of drug-likeness (QED) is 0.646. The van der Waals surface area contributed by atoms with Crippen molar-refractivity contribution >= 4 is 29.9 Å². The van der Waals surface area contributed by atoms with Gasteiger partial charge in [-0.05, 0) is 6.07 Å². The second kappa shape index (κ2) is 6.58. The van der Waals surface area contributed by atoms with Crippen LogP contribution in [0.2, 0.25) is 5.02 Å². The minimum absolute atomic E-state index is 0. The van der Waals surface area contributed by atoms with Crippen LogP contribution in [0.4, 0.5) is 12.9 Å². The third-order valence-electron chi connectivity index (χ3n) is 2.01. The van der Waals surface area contributed by atoms with E-state index in [1.165, 1.54) is 19.0 Å². The van der Waals surface area contributed by atoms with Crippen molar-refractivity contribution in [2.24, 2.45) is 0 Å². The number of amides is 1. The fourth-order valence-electron chi connectivity index (χ4n) is 1.18. The van der Waals surface area contributed by atoms with Gasteiger partial charge >= 0.3 is 58.4 Å². The van der Waals surface area contributed by atoms with Gasteiger partial charge in [-0.15, -0.1) is 0 Å². The Morgan fingerprint density at radius 2 is 1.82 bits per heavy atom. The maximum atomic E-state index is 12.4. The van der Waals surface area contributed by atoms with Gasteiger partial charge in [0.1, 0.15) is 0 Å². The SMILES string of the molecule is CN(C)C(=O)c1ccc([B-](F)(F)F)c(Cl)c1.[K+]. The second-order valence-electron chi connectivity index (χ2n) is 3.51. The maximum Gasteiger partial charge on any atom is 1.00 e. The Morgan fingerprint density at radius 1 is 1.29 bits per heavy atom. The topological polar surface area (TPSA) is 20.3 Å². The van der Waals surface area contributed by atoms with E-state index in [0.29, 0.717) is 0 Å². The number of hydrogen-bond donors (Lipinski definition) is 0. The summed E-state index contributed by atoms with van der Waals surface area (Å²) in [5, 5.41) is -0.444. The van der Waals surface area contributed by atoms with E-state index in [1.54, 1.807) is 0 Å². The van der Waals surface area contributed by atoms with Crippen LogP contribution in [0.5, 0.6) is 0 Å². The Labute approximate surface area is 145 Å². The number of halogens is 4. The summed E-state index contributed by atoms with van der Waals surface area (Å²) < 4.78 is 37.3. The van der Waals surface area contributed by atoms with Crippen molar-refractivity contribution < 1.29 is 69.1 Å². The summed E-state index contributed by atoms with van der Waals surface area (Å²) in [7, 11) is 3.02. The zero-order valence-corrected chi connectivity index (χ0v) is 13.6. The smallest absolute Gasteiger partial charge is 0.445 e. The average Bonchev–Trinajstić information content (AvgIpc) is 2.14. The Kier molecular flexibility index (Phi) is 6.77. The molecule has 0 saturated carbocycles. The van der Waals surface area contributed by atoms with E-state index in [1.807, 2.05) is 0 Å². The molecule has 0 spiro atoms. The molecular weight excluding hydrogens is 280 g/mol. The van der Waals surface area contributed by atoms with E-state index in [-0.39, 0.29) is 62.9 Å². The summed E-state index contributed by atoms with van der Waals surface area (Å²) >= 11 is 5.49. The van der Waals surface area contributed by atoms with Gasteiger partial charge in [-0.25, -0.2) is 0 Å². The first kappa shape index (κ1) is 17.5. The molecule has 0 aliphatic heterocycles. The minimum Gasteiger partial charge on any atom is -0.445 e. The first-order valence-electron chi connectivity index (χ1n) is 4.44. The zero-order chi connectivity index (χ0) is 12.5. The van der Waals surface area contributed by atoms with Gasteiger partial charge in [0.05, 0.1) is 0 Å². The molecule has 1 rings (SSSR count). The van der Waals surface area contributed by atoms with E-state index in [9.17, 15) is 17.7 Å². The summed E-state index contributed by atoms with van der Waals surface area (Å²) in [5.74, 6) is -0.386. The first-order valence-corrected chi connectivity index (χ1v) is 4.82. The minimum atomic E-state index is -5.14. The predicted octanol–water partition coefficient (Wildman–Crippen LogP) is -0.900. The third kappa shape index (κ3) is 4.57. The Morgan fingerprint density at radius 3 is 2.18 bits per heavy atom. The predicted molar refractivity (Wildman–Crippen MR) is 58.2 cm³/mol. The molecule has 0 aromatic heterocycles. The van der Waals surface area contributed by atoms with Crippen LogP contribution in [-0.2, 0) is 0 Å². The van der Waals surface area contributed by atoms with E-state index in [0.717, 1.165) is 18.2 Å². The molecule has 88 valence electrons. The molecule has 0 aliphatic rings. The molecule has 1 amide bonds. The van der Waals surface area contributed by atoms with Gasteiger partial charge in [0.15, 0.2) is 0 Å². The fourth-order valence-corrected chi connectivity index (χ4v) is 1.49. The number of benzene rings is 1. The molecule has 17 heavy (non-hydrogen) atoms. The zero-order valence-electron chi connectivity index (χ0n) is 9.68. The Bertz CT molecular complexity index is 425. The summed E-state index contributed by atoms with van der Waals surface area (Å²) in [4.78, 5) is 12.7. The standard InChI is InChI=1S/C9H9BClF3NO.K/c1-15(2)9(16)6-3-4-7(8(11)5-6)10(12,13)14;/h3-5H,1-2H3;/q-1;+1. The monoisotopic (exact) mass is 289 g/mol. The van der Waals surface area contributed by atoms with Gasteiger partial charge in [0.2, 0.25) is 0 Å². The van der Waals surface area contributed by atoms with Crippen LogP contribution < -0.4 is 56.8 Å². The van der Waals surface area contributed by atoms with Gasteiger partial charge in [0.25, 0.3) is 5.91 Å². The summed E-state index contributed by atoms with van der Waals surface area (Å²) in [6, 6.07) is 2.99. The summed E-state index contributed by atoms with van der Waals surface area (Å²) in [5.41, 5.74) is -0.740. The number of hydrogen-bond acceptors (Lipinski definition) is 1. The van der Waals surface area contributed by atoms with Crippen molar-refractivity contribution in [2.45, 2.75) is 0 Å². The van der Waals surface area contributed by atoms with Gasteiger partial charge in [-0.3, -0.25) is 4.79 Å². The molecule has 1 aromatic rings. The summed E-state index contributed by atoms with van der Waals surface area (Å²) in [6.45, 7) is -5.14. The first-order chi connectivity index (χ1) is 7.23. The molecule has 0 heterocycles. The van der Waals surface area contributed by atoms with Crippen molar-refractivity contribution in [1.29, 1.82) is 0 Å². The van der Waals surface area contributed by atoms with Gasteiger partial charge in [-0.2, -0.15) is 0 Å². The molecule has 0 radical (unpaired) electrons. The molecule has 0 N–H and O–H groups in total. The fraction of sp³-hybridized carbons (Fsp3) is 0.222. The van der Waals surface area contributed by atoms with Crippen molar-refractivity contribution in [3.63, 3.8) is 0 Å². The molecule has 0 atom stereocenters. The molecule has 0 saturated heterocycles. The van der Waals surface area contributed by atoms with E-state index < -0.39 is 17.5 Å². The van der Waals surface area contributed by atoms with Crippen molar-refractivity contribution in [1.82, 2.24) is 4.90 Å². The normalized spacial score (nSPS) is 10.7. The van der Waals surface area contributed by atoms with Crippen LogP contribution >= 0.6 is 11.6 Å². The van der Waals surface area contributed by atoms with E-state index in [2.05, 4.69) is 0 Å². The number of carbonyl (C=O) groups is 1. The Hall–Kier alpha value is 0.471. The van der Waals surface area contributed by atoms with Crippen LogP contribution in [0.25, 0.3) is 0 Å². The third-order valence-corrected chi connectivity index (χ3v) is 2.33. The van der Waals surface area contributed by atoms with Crippen LogP contribution in [-0.4, -0.2) is 31.9 Å². The van der Waals surface area contributed by atoms with Crippen molar-refractivity contribution in [3.8, 4) is 0 Å². The van der Waals surface area contributed by atoms with Crippen LogP contribution in [0.3, 0.4) is 0 Å².